The maximum atomic E-state index is 6.27. The number of para-hydroxylation sites is 1. The van der Waals surface area contributed by atoms with E-state index >= 15 is 0 Å². The monoisotopic (exact) mass is 677 g/mol. The van der Waals surface area contributed by atoms with Gasteiger partial charge in [0.2, 0.25) is 0 Å². The summed E-state index contributed by atoms with van der Waals surface area (Å²) in [6.45, 7) is 4.69. The second-order valence-electron chi connectivity index (χ2n) is 14.9. The molecule has 0 unspecified atom stereocenters. The van der Waals surface area contributed by atoms with Crippen LogP contribution in [0.4, 0.5) is 17.1 Å². The average Bonchev–Trinajstić information content (AvgIpc) is 3.69. The molecule has 9 aromatic carbocycles. The van der Waals surface area contributed by atoms with E-state index in [-0.39, 0.29) is 5.41 Å². The molecule has 0 fully saturated rings. The molecule has 0 bridgehead atoms. The Balaban J connectivity index is 1.06. The molecule has 250 valence electrons. The van der Waals surface area contributed by atoms with E-state index in [1.54, 1.807) is 0 Å². The maximum Gasteiger partial charge on any atom is 0.135 e. The number of benzene rings is 9. The molecule has 2 nitrogen and oxygen atoms in total. The van der Waals surface area contributed by atoms with Gasteiger partial charge in [-0.15, -0.1) is 0 Å². The summed E-state index contributed by atoms with van der Waals surface area (Å²) in [5.41, 5.74) is 12.8. The summed E-state index contributed by atoms with van der Waals surface area (Å²) in [5, 5.41) is 9.94. The van der Waals surface area contributed by atoms with E-state index in [0.29, 0.717) is 0 Å². The van der Waals surface area contributed by atoms with E-state index in [0.717, 1.165) is 33.3 Å². The van der Waals surface area contributed by atoms with Gasteiger partial charge in [0.15, 0.2) is 0 Å². The van der Waals surface area contributed by atoms with Crippen molar-refractivity contribution in [3.8, 4) is 22.3 Å². The summed E-state index contributed by atoms with van der Waals surface area (Å²) >= 11 is 0. The Morgan fingerprint density at radius 1 is 0.415 bits per heavy atom. The molecular weight excluding hydrogens is 643 g/mol. The molecule has 0 aliphatic heterocycles. The molecule has 10 aromatic rings. The lowest BCUT2D eigenvalue weighted by molar-refractivity contribution is 0.660. The Hall–Kier alpha value is -6.64. The smallest absolute Gasteiger partial charge is 0.135 e. The molecule has 0 N–H and O–H groups in total. The highest BCUT2D eigenvalue weighted by molar-refractivity contribution is 6.17. The van der Waals surface area contributed by atoms with Crippen LogP contribution in [0.25, 0.3) is 76.5 Å². The zero-order chi connectivity index (χ0) is 35.3. The van der Waals surface area contributed by atoms with E-state index in [4.69, 9.17) is 4.42 Å². The SMILES string of the molecule is CC1(C)c2ccccc2-c2c(N(c3ccc(-c4ccc5c(ccc6c7ccccc7ccc56)c4)cc3)c3ccc4oc5ccccc5c4c3)cccc21. The summed E-state index contributed by atoms with van der Waals surface area (Å²) in [4.78, 5) is 2.43. The van der Waals surface area contributed by atoms with Crippen molar-refractivity contribution < 1.29 is 4.42 Å². The standard InChI is InChI=1S/C51H35NO/c1-51(2)45-14-7-5-13-43(45)50-46(51)15-9-16-47(50)52(37-25-29-49-44(31-37)42-12-6-8-17-48(42)53-49)36-23-18-32(19-24-36)34-21-26-39-35(30-34)22-28-40-38-11-4-3-10-33(38)20-27-41(39)40/h3-31H,1-2H3. The number of anilines is 3. The van der Waals surface area contributed by atoms with Crippen molar-refractivity contribution >= 4 is 71.3 Å². The van der Waals surface area contributed by atoms with Crippen LogP contribution in [-0.4, -0.2) is 0 Å². The molecule has 1 aromatic heterocycles. The second kappa shape index (κ2) is 11.2. The van der Waals surface area contributed by atoms with Gasteiger partial charge in [0.05, 0.1) is 5.69 Å². The summed E-state index contributed by atoms with van der Waals surface area (Å²) in [5.74, 6) is 0. The molecule has 0 atom stereocenters. The Morgan fingerprint density at radius 2 is 1.06 bits per heavy atom. The summed E-state index contributed by atoms with van der Waals surface area (Å²) < 4.78 is 6.27. The van der Waals surface area contributed by atoms with Gasteiger partial charge in [0.25, 0.3) is 0 Å². The van der Waals surface area contributed by atoms with Crippen LogP contribution in [0.15, 0.2) is 180 Å². The summed E-state index contributed by atoms with van der Waals surface area (Å²) in [6, 6.07) is 64.3. The van der Waals surface area contributed by atoms with Crippen LogP contribution in [-0.2, 0) is 5.41 Å². The highest BCUT2D eigenvalue weighted by atomic mass is 16.3. The molecule has 1 aliphatic rings. The Kier molecular flexibility index (Phi) is 6.33. The topological polar surface area (TPSA) is 16.4 Å². The Bertz CT molecular complexity index is 3090. The van der Waals surface area contributed by atoms with Gasteiger partial charge in [-0.3, -0.25) is 0 Å². The predicted molar refractivity (Wildman–Crippen MR) is 224 cm³/mol. The van der Waals surface area contributed by atoms with Crippen molar-refractivity contribution in [3.63, 3.8) is 0 Å². The van der Waals surface area contributed by atoms with E-state index in [2.05, 4.69) is 183 Å². The van der Waals surface area contributed by atoms with Gasteiger partial charge in [-0.05, 0) is 109 Å². The second-order valence-corrected chi connectivity index (χ2v) is 14.9. The van der Waals surface area contributed by atoms with Crippen molar-refractivity contribution in [1.82, 2.24) is 0 Å². The first kappa shape index (κ1) is 30.0. The third kappa shape index (κ3) is 4.45. The minimum absolute atomic E-state index is 0.101. The quantitative estimate of drug-likeness (QED) is 0.172. The van der Waals surface area contributed by atoms with E-state index in [1.165, 1.54) is 71.4 Å². The predicted octanol–water partition coefficient (Wildman–Crippen LogP) is 14.5. The van der Waals surface area contributed by atoms with Gasteiger partial charge in [-0.2, -0.15) is 0 Å². The molecule has 0 amide bonds. The summed E-state index contributed by atoms with van der Waals surface area (Å²) in [6.07, 6.45) is 0. The maximum absolute atomic E-state index is 6.27. The van der Waals surface area contributed by atoms with Crippen LogP contribution in [0.2, 0.25) is 0 Å². The number of rotatable bonds is 4. The molecule has 53 heavy (non-hydrogen) atoms. The van der Waals surface area contributed by atoms with Crippen LogP contribution in [0.5, 0.6) is 0 Å². The van der Waals surface area contributed by atoms with Gasteiger partial charge in [0.1, 0.15) is 11.2 Å². The zero-order valence-corrected chi connectivity index (χ0v) is 29.6. The Labute approximate surface area is 308 Å². The van der Waals surface area contributed by atoms with Crippen molar-refractivity contribution in [2.45, 2.75) is 19.3 Å². The average molecular weight is 678 g/mol. The van der Waals surface area contributed by atoms with E-state index in [1.807, 2.05) is 12.1 Å². The molecule has 11 rings (SSSR count). The number of fused-ring (bicyclic) bond motifs is 11. The Morgan fingerprint density at radius 3 is 1.92 bits per heavy atom. The minimum atomic E-state index is -0.101. The fraction of sp³-hybridized carbons (Fsp3) is 0.0588. The largest absolute Gasteiger partial charge is 0.456 e. The first-order chi connectivity index (χ1) is 26.0. The molecule has 0 spiro atoms. The van der Waals surface area contributed by atoms with Crippen molar-refractivity contribution in [2.24, 2.45) is 0 Å². The number of hydrogen-bond donors (Lipinski definition) is 0. The van der Waals surface area contributed by atoms with Crippen molar-refractivity contribution in [3.05, 3.63) is 187 Å². The first-order valence-corrected chi connectivity index (χ1v) is 18.4. The van der Waals surface area contributed by atoms with Gasteiger partial charge < -0.3 is 9.32 Å². The highest BCUT2D eigenvalue weighted by Crippen LogP contribution is 2.54. The third-order valence-electron chi connectivity index (χ3n) is 11.6. The number of furan rings is 1. The number of hydrogen-bond acceptors (Lipinski definition) is 2. The fourth-order valence-corrected chi connectivity index (χ4v) is 9.01. The lowest BCUT2D eigenvalue weighted by Gasteiger charge is -2.29. The van der Waals surface area contributed by atoms with Gasteiger partial charge in [-0.25, -0.2) is 0 Å². The van der Waals surface area contributed by atoms with Crippen LogP contribution in [0.3, 0.4) is 0 Å². The van der Waals surface area contributed by atoms with Crippen LogP contribution < -0.4 is 4.90 Å². The lowest BCUT2D eigenvalue weighted by atomic mass is 9.82. The van der Waals surface area contributed by atoms with Crippen LogP contribution >= 0.6 is 0 Å². The zero-order valence-electron chi connectivity index (χ0n) is 29.6. The number of nitrogens with zero attached hydrogens (tertiary/aromatic N) is 1. The fourth-order valence-electron chi connectivity index (χ4n) is 9.01. The third-order valence-corrected chi connectivity index (χ3v) is 11.6. The molecule has 1 heterocycles. The van der Waals surface area contributed by atoms with Crippen molar-refractivity contribution in [2.75, 3.05) is 4.90 Å². The lowest BCUT2D eigenvalue weighted by Crippen LogP contribution is -2.16. The van der Waals surface area contributed by atoms with Gasteiger partial charge >= 0.3 is 0 Å². The highest BCUT2D eigenvalue weighted by Gasteiger charge is 2.37. The minimum Gasteiger partial charge on any atom is -0.456 e. The van der Waals surface area contributed by atoms with Crippen LogP contribution in [0.1, 0.15) is 25.0 Å². The van der Waals surface area contributed by atoms with E-state index < -0.39 is 0 Å². The molecule has 0 saturated carbocycles. The molecule has 1 aliphatic carbocycles. The molecule has 0 saturated heterocycles. The first-order valence-electron chi connectivity index (χ1n) is 18.4. The summed E-state index contributed by atoms with van der Waals surface area (Å²) in [7, 11) is 0. The normalized spacial score (nSPS) is 13.2. The molecular formula is C51H35NO. The molecule has 2 heteroatoms. The van der Waals surface area contributed by atoms with E-state index in [9.17, 15) is 0 Å². The van der Waals surface area contributed by atoms with Gasteiger partial charge in [-0.1, -0.05) is 141 Å². The van der Waals surface area contributed by atoms with Gasteiger partial charge in [0, 0.05) is 33.1 Å². The molecule has 0 radical (unpaired) electrons. The van der Waals surface area contributed by atoms with Crippen molar-refractivity contribution in [1.29, 1.82) is 0 Å². The van der Waals surface area contributed by atoms with Crippen LogP contribution in [0, 0.1) is 0 Å².